The quantitative estimate of drug-likeness (QED) is 0.709. The summed E-state index contributed by atoms with van der Waals surface area (Å²) in [5, 5.41) is 16.3. The molecule has 0 atom stereocenters. The summed E-state index contributed by atoms with van der Waals surface area (Å²) in [5.74, 6) is 0.520. The van der Waals surface area contributed by atoms with Crippen LogP contribution in [0.5, 0.6) is 5.88 Å². The summed E-state index contributed by atoms with van der Waals surface area (Å²) < 4.78 is 5.02. The third-order valence-corrected chi connectivity index (χ3v) is 1.85. The second kappa shape index (κ2) is 2.79. The van der Waals surface area contributed by atoms with Crippen molar-refractivity contribution in [2.45, 2.75) is 0 Å². The Morgan fingerprint density at radius 1 is 1.54 bits per heavy atom. The molecular formula is C9H7N3O. The van der Waals surface area contributed by atoms with Crippen LogP contribution in [0, 0.1) is 11.3 Å². The van der Waals surface area contributed by atoms with E-state index in [1.807, 2.05) is 6.07 Å². The van der Waals surface area contributed by atoms with E-state index in [0.717, 1.165) is 10.9 Å². The second-order valence-electron chi connectivity index (χ2n) is 2.61. The Labute approximate surface area is 74.7 Å². The molecular weight excluding hydrogens is 166 g/mol. The summed E-state index contributed by atoms with van der Waals surface area (Å²) >= 11 is 0. The van der Waals surface area contributed by atoms with Gasteiger partial charge in [-0.05, 0) is 18.2 Å². The summed E-state index contributed by atoms with van der Waals surface area (Å²) in [7, 11) is 1.55. The van der Waals surface area contributed by atoms with Crippen LogP contribution in [0.4, 0.5) is 0 Å². The molecule has 2 rings (SSSR count). The van der Waals surface area contributed by atoms with Crippen LogP contribution in [-0.2, 0) is 0 Å². The van der Waals surface area contributed by atoms with Crippen LogP contribution in [0.25, 0.3) is 10.9 Å². The number of aromatic nitrogens is 2. The van der Waals surface area contributed by atoms with E-state index in [1.54, 1.807) is 19.2 Å². The van der Waals surface area contributed by atoms with Crippen molar-refractivity contribution in [2.75, 3.05) is 7.11 Å². The van der Waals surface area contributed by atoms with Gasteiger partial charge in [0.25, 0.3) is 0 Å². The predicted octanol–water partition coefficient (Wildman–Crippen LogP) is 1.44. The molecule has 2 aromatic rings. The maximum atomic E-state index is 8.68. The Balaban J connectivity index is 2.73. The van der Waals surface area contributed by atoms with E-state index in [9.17, 15) is 0 Å². The molecule has 0 aliphatic heterocycles. The number of hydrogen-bond acceptors (Lipinski definition) is 3. The van der Waals surface area contributed by atoms with E-state index >= 15 is 0 Å². The molecule has 4 heteroatoms. The Bertz CT molecular complexity index is 481. The number of nitrogens with zero attached hydrogens (tertiary/aromatic N) is 2. The zero-order valence-electron chi connectivity index (χ0n) is 7.03. The number of nitriles is 1. The lowest BCUT2D eigenvalue weighted by Crippen LogP contribution is -1.82. The Morgan fingerprint density at radius 3 is 3.08 bits per heavy atom. The van der Waals surface area contributed by atoms with Gasteiger partial charge >= 0.3 is 0 Å². The first-order valence-electron chi connectivity index (χ1n) is 3.77. The largest absolute Gasteiger partial charge is 0.480 e. The molecule has 0 aliphatic rings. The van der Waals surface area contributed by atoms with Crippen LogP contribution in [0.15, 0.2) is 18.2 Å². The fraction of sp³-hybridized carbons (Fsp3) is 0.111. The summed E-state index contributed by atoms with van der Waals surface area (Å²) in [6, 6.07) is 7.36. The molecule has 1 heterocycles. The van der Waals surface area contributed by atoms with Crippen molar-refractivity contribution in [2.24, 2.45) is 0 Å². The predicted molar refractivity (Wildman–Crippen MR) is 47.4 cm³/mol. The topological polar surface area (TPSA) is 61.7 Å². The van der Waals surface area contributed by atoms with Gasteiger partial charge in [0.15, 0.2) is 0 Å². The number of rotatable bonds is 1. The van der Waals surface area contributed by atoms with Gasteiger partial charge in [-0.15, -0.1) is 5.10 Å². The summed E-state index contributed by atoms with van der Waals surface area (Å²) in [6.45, 7) is 0. The highest BCUT2D eigenvalue weighted by atomic mass is 16.5. The zero-order chi connectivity index (χ0) is 9.26. The van der Waals surface area contributed by atoms with Gasteiger partial charge in [0.2, 0.25) is 5.88 Å². The number of ether oxygens (including phenoxy) is 1. The molecule has 4 nitrogen and oxygen atoms in total. The van der Waals surface area contributed by atoms with Gasteiger partial charge in [-0.3, -0.25) is 5.10 Å². The summed E-state index contributed by atoms with van der Waals surface area (Å²) in [4.78, 5) is 0. The second-order valence-corrected chi connectivity index (χ2v) is 2.61. The van der Waals surface area contributed by atoms with Crippen LogP contribution in [0.2, 0.25) is 0 Å². The molecule has 0 fully saturated rings. The minimum Gasteiger partial charge on any atom is -0.480 e. The molecule has 0 radical (unpaired) electrons. The van der Waals surface area contributed by atoms with Gasteiger partial charge in [-0.2, -0.15) is 5.26 Å². The molecule has 1 aromatic heterocycles. The molecule has 0 saturated carbocycles. The number of aromatic amines is 1. The van der Waals surface area contributed by atoms with Crippen LogP contribution in [0.3, 0.4) is 0 Å². The Kier molecular flexibility index (Phi) is 1.64. The van der Waals surface area contributed by atoms with Crippen molar-refractivity contribution in [3.05, 3.63) is 23.8 Å². The van der Waals surface area contributed by atoms with Gasteiger partial charge < -0.3 is 4.74 Å². The Morgan fingerprint density at radius 2 is 2.38 bits per heavy atom. The smallest absolute Gasteiger partial charge is 0.240 e. The van der Waals surface area contributed by atoms with Crippen molar-refractivity contribution < 1.29 is 4.74 Å². The molecule has 0 saturated heterocycles. The normalized spacial score (nSPS) is 9.85. The average Bonchev–Trinajstić information content (AvgIpc) is 2.59. The third kappa shape index (κ3) is 1.11. The molecule has 0 amide bonds. The lowest BCUT2D eigenvalue weighted by molar-refractivity contribution is 0.401. The number of nitrogens with one attached hydrogen (secondary N) is 1. The van der Waals surface area contributed by atoms with Crippen molar-refractivity contribution in [1.29, 1.82) is 5.26 Å². The highest BCUT2D eigenvalue weighted by Gasteiger charge is 2.05. The lowest BCUT2D eigenvalue weighted by Gasteiger charge is -1.93. The highest BCUT2D eigenvalue weighted by Crippen LogP contribution is 2.22. The number of H-pyrrole nitrogens is 1. The number of methoxy groups -OCH3 is 1. The molecule has 64 valence electrons. The molecule has 0 bridgehead atoms. The summed E-state index contributed by atoms with van der Waals surface area (Å²) in [5.41, 5.74) is 1.48. The van der Waals surface area contributed by atoms with E-state index in [2.05, 4.69) is 16.3 Å². The van der Waals surface area contributed by atoms with Crippen molar-refractivity contribution >= 4 is 10.9 Å². The van der Waals surface area contributed by atoms with E-state index in [1.165, 1.54) is 0 Å². The van der Waals surface area contributed by atoms with E-state index < -0.39 is 0 Å². The number of benzene rings is 1. The van der Waals surface area contributed by atoms with Crippen molar-refractivity contribution in [3.8, 4) is 11.9 Å². The van der Waals surface area contributed by atoms with Crippen molar-refractivity contribution in [1.82, 2.24) is 10.2 Å². The highest BCUT2D eigenvalue weighted by molar-refractivity contribution is 5.85. The molecule has 13 heavy (non-hydrogen) atoms. The maximum Gasteiger partial charge on any atom is 0.240 e. The van der Waals surface area contributed by atoms with Gasteiger partial charge in [-0.25, -0.2) is 0 Å². The monoisotopic (exact) mass is 173 g/mol. The molecule has 0 unspecified atom stereocenters. The van der Waals surface area contributed by atoms with Crippen LogP contribution >= 0.6 is 0 Å². The summed E-state index contributed by atoms with van der Waals surface area (Å²) in [6.07, 6.45) is 0. The lowest BCUT2D eigenvalue weighted by atomic mass is 10.2. The first-order chi connectivity index (χ1) is 6.35. The van der Waals surface area contributed by atoms with E-state index in [0.29, 0.717) is 11.4 Å². The van der Waals surface area contributed by atoms with Crippen LogP contribution in [0.1, 0.15) is 5.56 Å². The number of fused-ring (bicyclic) bond motifs is 1. The number of hydrogen-bond donors (Lipinski definition) is 1. The fourth-order valence-electron chi connectivity index (χ4n) is 1.22. The van der Waals surface area contributed by atoms with E-state index in [4.69, 9.17) is 10.00 Å². The molecule has 0 spiro atoms. The standard InChI is InChI=1S/C9H7N3O/c1-13-9-7-4-6(5-10)2-3-8(7)11-12-9/h2-4H,1H3,(H,11,12). The maximum absolute atomic E-state index is 8.68. The molecule has 0 aliphatic carbocycles. The first kappa shape index (κ1) is 7.62. The average molecular weight is 173 g/mol. The van der Waals surface area contributed by atoms with Gasteiger partial charge in [0, 0.05) is 0 Å². The minimum atomic E-state index is 0.520. The SMILES string of the molecule is COc1n[nH]c2ccc(C#N)cc12. The Hall–Kier alpha value is -2.02. The zero-order valence-corrected chi connectivity index (χ0v) is 7.03. The van der Waals surface area contributed by atoms with Gasteiger partial charge in [0.1, 0.15) is 0 Å². The third-order valence-electron chi connectivity index (χ3n) is 1.85. The van der Waals surface area contributed by atoms with Crippen molar-refractivity contribution in [3.63, 3.8) is 0 Å². The minimum absolute atomic E-state index is 0.520. The van der Waals surface area contributed by atoms with Crippen LogP contribution < -0.4 is 4.74 Å². The van der Waals surface area contributed by atoms with Crippen LogP contribution in [-0.4, -0.2) is 17.3 Å². The first-order valence-corrected chi connectivity index (χ1v) is 3.77. The fourth-order valence-corrected chi connectivity index (χ4v) is 1.22. The van der Waals surface area contributed by atoms with Gasteiger partial charge in [-0.1, -0.05) is 0 Å². The van der Waals surface area contributed by atoms with E-state index in [-0.39, 0.29) is 0 Å². The molecule has 1 N–H and O–H groups in total. The molecule has 1 aromatic carbocycles. The van der Waals surface area contributed by atoms with Gasteiger partial charge in [0.05, 0.1) is 29.6 Å².